The van der Waals surface area contributed by atoms with Crippen molar-refractivity contribution in [1.29, 1.82) is 0 Å². The van der Waals surface area contributed by atoms with Gasteiger partial charge >= 0.3 is 6.09 Å². The first-order valence-electron chi connectivity index (χ1n) is 12.4. The van der Waals surface area contributed by atoms with Crippen LogP contribution in [0.1, 0.15) is 117 Å². The summed E-state index contributed by atoms with van der Waals surface area (Å²) in [7, 11) is 0. The Labute approximate surface area is 180 Å². The summed E-state index contributed by atoms with van der Waals surface area (Å²) < 4.78 is 10.6. The predicted molar refractivity (Wildman–Crippen MR) is 121 cm³/mol. The summed E-state index contributed by atoms with van der Waals surface area (Å²) in [6.07, 6.45) is 20.6. The van der Waals surface area contributed by atoms with Crippen molar-refractivity contribution in [2.24, 2.45) is 0 Å². The minimum absolute atomic E-state index is 0.212. The number of nitrogens with one attached hydrogen (secondary N) is 1. The molecule has 29 heavy (non-hydrogen) atoms. The van der Waals surface area contributed by atoms with Gasteiger partial charge in [0.25, 0.3) is 0 Å². The largest absolute Gasteiger partial charge is 0.441 e. The molecule has 0 spiro atoms. The molecule has 0 aliphatic carbocycles. The molecular weight excluding hydrogens is 366 g/mol. The topological polar surface area (TPSA) is 67.8 Å². The Bertz CT molecular complexity index is 339. The van der Waals surface area contributed by atoms with E-state index in [2.05, 4.69) is 12.2 Å². The molecule has 0 bridgehead atoms. The van der Waals surface area contributed by atoms with Gasteiger partial charge in [0.15, 0.2) is 0 Å². The Hall–Kier alpha value is -0.810. The molecule has 0 aromatic rings. The van der Waals surface area contributed by atoms with E-state index in [0.29, 0.717) is 13.2 Å². The zero-order valence-electron chi connectivity index (χ0n) is 19.4. The molecule has 2 N–H and O–H groups in total. The van der Waals surface area contributed by atoms with E-state index in [-0.39, 0.29) is 13.2 Å². The molecule has 0 heterocycles. The molecule has 0 fully saturated rings. The first-order valence-corrected chi connectivity index (χ1v) is 12.4. The van der Waals surface area contributed by atoms with Gasteiger partial charge in [0, 0.05) is 13.2 Å². The number of carbonyl (C=O) groups is 1. The van der Waals surface area contributed by atoms with E-state index in [9.17, 15) is 9.90 Å². The minimum atomic E-state index is -0.581. The normalized spacial score (nSPS) is 12.1. The average Bonchev–Trinajstić information content (AvgIpc) is 2.72. The van der Waals surface area contributed by atoms with Gasteiger partial charge in [0.05, 0.1) is 13.2 Å². The van der Waals surface area contributed by atoms with E-state index in [1.165, 1.54) is 96.3 Å². The molecule has 0 aromatic heterocycles. The minimum Gasteiger partial charge on any atom is -0.441 e. The quantitative estimate of drug-likeness (QED) is 0.202. The fourth-order valence-corrected chi connectivity index (χ4v) is 3.43. The molecule has 0 saturated carbocycles. The molecule has 0 aliphatic rings. The molecule has 0 aromatic carbocycles. The highest BCUT2D eigenvalue weighted by Crippen LogP contribution is 2.13. The van der Waals surface area contributed by atoms with E-state index in [0.717, 1.165) is 6.42 Å². The number of ether oxygens (including phenoxy) is 2. The van der Waals surface area contributed by atoms with Gasteiger partial charge in [-0.15, -0.1) is 0 Å². The Morgan fingerprint density at radius 3 is 1.62 bits per heavy atom. The number of aliphatic hydroxyl groups is 1. The van der Waals surface area contributed by atoms with Gasteiger partial charge in [-0.3, -0.25) is 0 Å². The Morgan fingerprint density at radius 2 is 1.21 bits per heavy atom. The number of aliphatic hydroxyl groups excluding tert-OH is 1. The standard InChI is InChI=1S/C24H49NO4/c1-3-5-6-7-8-9-10-11-12-13-14-15-16-17-18-19-20-28-22-23(21-26)29-24(27)25-4-2/h23,26H,3-22H2,1-2H3,(H,25,27). The van der Waals surface area contributed by atoms with Gasteiger partial charge in [-0.25, -0.2) is 4.79 Å². The number of unbranched alkanes of at least 4 members (excludes halogenated alkanes) is 15. The summed E-state index contributed by atoms with van der Waals surface area (Å²) in [6, 6.07) is 0. The summed E-state index contributed by atoms with van der Waals surface area (Å²) in [5.41, 5.74) is 0. The molecule has 1 atom stereocenters. The highest BCUT2D eigenvalue weighted by Gasteiger charge is 2.12. The molecule has 0 rings (SSSR count). The smallest absolute Gasteiger partial charge is 0.407 e. The van der Waals surface area contributed by atoms with Gasteiger partial charge in [0.2, 0.25) is 0 Å². The average molecular weight is 416 g/mol. The third-order valence-electron chi connectivity index (χ3n) is 5.24. The molecule has 5 heteroatoms. The third-order valence-corrected chi connectivity index (χ3v) is 5.24. The van der Waals surface area contributed by atoms with E-state index >= 15 is 0 Å². The lowest BCUT2D eigenvalue weighted by molar-refractivity contribution is -0.00746. The lowest BCUT2D eigenvalue weighted by Gasteiger charge is -2.15. The van der Waals surface area contributed by atoms with Crippen LogP contribution in [0.25, 0.3) is 0 Å². The van der Waals surface area contributed by atoms with Crippen LogP contribution in [0.15, 0.2) is 0 Å². The van der Waals surface area contributed by atoms with Crippen LogP contribution in [-0.4, -0.2) is 43.7 Å². The van der Waals surface area contributed by atoms with Gasteiger partial charge < -0.3 is 19.9 Å². The Balaban J connectivity index is 3.22. The molecule has 5 nitrogen and oxygen atoms in total. The molecule has 1 unspecified atom stereocenters. The molecule has 174 valence electrons. The van der Waals surface area contributed by atoms with Crippen molar-refractivity contribution >= 4 is 6.09 Å². The summed E-state index contributed by atoms with van der Waals surface area (Å²) in [4.78, 5) is 11.3. The maximum absolute atomic E-state index is 11.3. The number of amides is 1. The van der Waals surface area contributed by atoms with Crippen molar-refractivity contribution in [1.82, 2.24) is 5.32 Å². The van der Waals surface area contributed by atoms with Crippen LogP contribution in [-0.2, 0) is 9.47 Å². The third kappa shape index (κ3) is 21.7. The second kappa shape index (κ2) is 23.5. The van der Waals surface area contributed by atoms with Crippen molar-refractivity contribution < 1.29 is 19.4 Å². The van der Waals surface area contributed by atoms with E-state index in [1.807, 2.05) is 6.92 Å². The highest BCUT2D eigenvalue weighted by atomic mass is 16.6. The number of rotatable bonds is 22. The first-order chi connectivity index (χ1) is 14.2. The van der Waals surface area contributed by atoms with Gasteiger partial charge in [-0.2, -0.15) is 0 Å². The Morgan fingerprint density at radius 1 is 0.759 bits per heavy atom. The van der Waals surface area contributed by atoms with E-state index in [1.54, 1.807) is 0 Å². The summed E-state index contributed by atoms with van der Waals surface area (Å²) in [6.45, 7) is 5.31. The number of alkyl carbamates (subject to hydrolysis) is 1. The lowest BCUT2D eigenvalue weighted by Crippen LogP contribution is -2.33. The first kappa shape index (κ1) is 28.2. The van der Waals surface area contributed by atoms with Crippen molar-refractivity contribution in [2.75, 3.05) is 26.4 Å². The van der Waals surface area contributed by atoms with Crippen LogP contribution < -0.4 is 5.32 Å². The lowest BCUT2D eigenvalue weighted by atomic mass is 10.0. The van der Waals surface area contributed by atoms with Crippen molar-refractivity contribution in [3.05, 3.63) is 0 Å². The van der Waals surface area contributed by atoms with Crippen molar-refractivity contribution in [2.45, 2.75) is 123 Å². The molecule has 0 radical (unpaired) electrons. The van der Waals surface area contributed by atoms with Crippen molar-refractivity contribution in [3.8, 4) is 0 Å². The van der Waals surface area contributed by atoms with E-state index < -0.39 is 12.2 Å². The van der Waals surface area contributed by atoms with Crippen LogP contribution in [0, 0.1) is 0 Å². The van der Waals surface area contributed by atoms with Gasteiger partial charge in [0.1, 0.15) is 6.10 Å². The second-order valence-corrected chi connectivity index (χ2v) is 8.12. The summed E-state index contributed by atoms with van der Waals surface area (Å²) in [5.74, 6) is 0. The van der Waals surface area contributed by atoms with Crippen molar-refractivity contribution in [3.63, 3.8) is 0 Å². The highest BCUT2D eigenvalue weighted by molar-refractivity contribution is 5.67. The zero-order valence-corrected chi connectivity index (χ0v) is 19.4. The molecule has 0 saturated heterocycles. The molecule has 1 amide bonds. The summed E-state index contributed by atoms with van der Waals surface area (Å²) >= 11 is 0. The van der Waals surface area contributed by atoms with Gasteiger partial charge in [-0.05, 0) is 13.3 Å². The second-order valence-electron chi connectivity index (χ2n) is 8.12. The fourth-order valence-electron chi connectivity index (χ4n) is 3.43. The number of hydrogen-bond acceptors (Lipinski definition) is 4. The molecule has 0 aliphatic heterocycles. The predicted octanol–water partition coefficient (Wildman–Crippen LogP) is 6.37. The van der Waals surface area contributed by atoms with Crippen LogP contribution in [0.3, 0.4) is 0 Å². The van der Waals surface area contributed by atoms with Crippen LogP contribution >= 0.6 is 0 Å². The maximum Gasteiger partial charge on any atom is 0.407 e. The van der Waals surface area contributed by atoms with E-state index in [4.69, 9.17) is 9.47 Å². The summed E-state index contributed by atoms with van der Waals surface area (Å²) in [5, 5.41) is 11.7. The zero-order chi connectivity index (χ0) is 21.4. The van der Waals surface area contributed by atoms with Gasteiger partial charge in [-0.1, -0.05) is 103 Å². The number of hydrogen-bond donors (Lipinski definition) is 2. The number of carbonyl (C=O) groups excluding carboxylic acids is 1. The van der Waals surface area contributed by atoms with Crippen LogP contribution in [0.5, 0.6) is 0 Å². The fraction of sp³-hybridized carbons (Fsp3) is 0.958. The van der Waals surface area contributed by atoms with Crippen LogP contribution in [0.2, 0.25) is 0 Å². The maximum atomic E-state index is 11.3. The van der Waals surface area contributed by atoms with Crippen LogP contribution in [0.4, 0.5) is 4.79 Å². The SMILES string of the molecule is CCCCCCCCCCCCCCCCCCOCC(CO)OC(=O)NCC. The molecular formula is C24H49NO4. The monoisotopic (exact) mass is 415 g/mol. The Kier molecular flexibility index (Phi) is 22.8.